The lowest BCUT2D eigenvalue weighted by Gasteiger charge is -2.17. The van der Waals surface area contributed by atoms with Crippen LogP contribution in [-0.2, 0) is 4.79 Å². The van der Waals surface area contributed by atoms with E-state index in [-0.39, 0.29) is 13.1 Å². The topological polar surface area (TPSA) is 74.8 Å². The second-order valence-electron chi connectivity index (χ2n) is 6.10. The van der Waals surface area contributed by atoms with Crippen LogP contribution in [0.3, 0.4) is 0 Å². The molecule has 0 bridgehead atoms. The molecule has 26 heavy (non-hydrogen) atoms. The van der Waals surface area contributed by atoms with Crippen LogP contribution in [0.1, 0.15) is 18.5 Å². The summed E-state index contributed by atoms with van der Waals surface area (Å²) < 4.78 is 37.0. The van der Waals surface area contributed by atoms with E-state index in [1.165, 1.54) is 11.2 Å². The Morgan fingerprint density at radius 3 is 2.92 bits per heavy atom. The summed E-state index contributed by atoms with van der Waals surface area (Å²) in [5.74, 6) is -0.514. The van der Waals surface area contributed by atoms with E-state index in [2.05, 4.69) is 19.9 Å². The largest absolute Gasteiger partial charge is 0.389 e. The highest BCUT2D eigenvalue weighted by Gasteiger charge is 2.30. The molecule has 0 atom stereocenters. The Kier molecular flexibility index (Phi) is 3.86. The number of pyridine rings is 1. The number of amides is 1. The second kappa shape index (κ2) is 6.08. The van der Waals surface area contributed by atoms with E-state index in [0.717, 1.165) is 16.3 Å². The average Bonchev–Trinajstić information content (AvgIpc) is 3.27. The summed E-state index contributed by atoms with van der Waals surface area (Å²) in [6.07, 6.45) is 0.677. The summed E-state index contributed by atoms with van der Waals surface area (Å²) in [5.41, 5.74) is 2.84. The molecule has 0 saturated carbocycles. The number of halogens is 3. The van der Waals surface area contributed by atoms with Crippen LogP contribution in [0.4, 0.5) is 13.2 Å². The maximum atomic E-state index is 12.3. The smallest absolute Gasteiger partial charge is 0.346 e. The van der Waals surface area contributed by atoms with Crippen LogP contribution < -0.4 is 0 Å². The van der Waals surface area contributed by atoms with Crippen LogP contribution in [0, 0.1) is 0 Å². The highest BCUT2D eigenvalue weighted by atomic mass is 19.4. The monoisotopic (exact) mass is 361 g/mol. The first-order chi connectivity index (χ1) is 12.4. The quantitative estimate of drug-likeness (QED) is 0.778. The Bertz CT molecular complexity index is 1020. The number of carbonyl (C=O) groups is 1. The summed E-state index contributed by atoms with van der Waals surface area (Å²) in [5, 5.41) is 1.68. The van der Waals surface area contributed by atoms with Crippen molar-refractivity contribution in [3.63, 3.8) is 0 Å². The molecule has 4 heterocycles. The molecule has 0 aliphatic carbocycles. The van der Waals surface area contributed by atoms with Gasteiger partial charge in [-0.2, -0.15) is 13.2 Å². The highest BCUT2D eigenvalue weighted by molar-refractivity contribution is 6.08. The Morgan fingerprint density at radius 2 is 2.12 bits per heavy atom. The zero-order valence-electron chi connectivity index (χ0n) is 13.5. The first kappa shape index (κ1) is 16.5. The van der Waals surface area contributed by atoms with Crippen molar-refractivity contribution in [3.05, 3.63) is 36.6 Å². The first-order valence-corrected chi connectivity index (χ1v) is 8.03. The lowest BCUT2D eigenvalue weighted by Crippen LogP contribution is -2.29. The predicted molar refractivity (Wildman–Crippen MR) is 89.0 cm³/mol. The van der Waals surface area contributed by atoms with E-state index in [1.807, 2.05) is 12.1 Å². The number of aromatic amines is 1. The zero-order valence-corrected chi connectivity index (χ0v) is 13.5. The third-order valence-electron chi connectivity index (χ3n) is 4.39. The number of hydrogen-bond donors (Lipinski definition) is 1. The molecule has 134 valence electrons. The van der Waals surface area contributed by atoms with Crippen LogP contribution in [0.2, 0.25) is 0 Å². The van der Waals surface area contributed by atoms with Crippen LogP contribution in [0.5, 0.6) is 0 Å². The van der Waals surface area contributed by atoms with E-state index >= 15 is 0 Å². The SMILES string of the molecule is O=C(CCC(F)(F)F)N1CC=C(c2ncnc3cnc4[nH]ccc4c23)C1. The van der Waals surface area contributed by atoms with Gasteiger partial charge in [-0.3, -0.25) is 4.79 Å². The molecule has 3 aromatic heterocycles. The number of rotatable bonds is 3. The molecule has 0 fully saturated rings. The van der Waals surface area contributed by atoms with Crippen LogP contribution in [-0.4, -0.2) is 50.0 Å². The van der Waals surface area contributed by atoms with Gasteiger partial charge in [0.15, 0.2) is 0 Å². The van der Waals surface area contributed by atoms with Crippen molar-refractivity contribution < 1.29 is 18.0 Å². The normalized spacial score (nSPS) is 15.0. The van der Waals surface area contributed by atoms with E-state index in [9.17, 15) is 18.0 Å². The van der Waals surface area contributed by atoms with Gasteiger partial charge in [-0.05, 0) is 11.6 Å². The van der Waals surface area contributed by atoms with Crippen LogP contribution in [0.25, 0.3) is 27.5 Å². The van der Waals surface area contributed by atoms with Crippen molar-refractivity contribution in [1.82, 2.24) is 24.8 Å². The van der Waals surface area contributed by atoms with Gasteiger partial charge >= 0.3 is 6.18 Å². The van der Waals surface area contributed by atoms with Gasteiger partial charge in [0.05, 0.1) is 23.8 Å². The molecule has 4 rings (SSSR count). The molecule has 1 N–H and O–H groups in total. The number of aromatic nitrogens is 4. The summed E-state index contributed by atoms with van der Waals surface area (Å²) in [7, 11) is 0. The minimum Gasteiger partial charge on any atom is -0.346 e. The van der Waals surface area contributed by atoms with E-state index in [1.54, 1.807) is 12.4 Å². The molecule has 9 heteroatoms. The van der Waals surface area contributed by atoms with Crippen LogP contribution >= 0.6 is 0 Å². The van der Waals surface area contributed by atoms with Crippen molar-refractivity contribution in [2.45, 2.75) is 19.0 Å². The molecule has 0 spiro atoms. The van der Waals surface area contributed by atoms with Gasteiger partial charge in [0.2, 0.25) is 5.91 Å². The Balaban J connectivity index is 1.61. The van der Waals surface area contributed by atoms with Gasteiger partial charge in [0.25, 0.3) is 0 Å². The number of nitrogens with one attached hydrogen (secondary N) is 1. The molecule has 1 aliphatic heterocycles. The molecule has 1 aliphatic rings. The van der Waals surface area contributed by atoms with Gasteiger partial charge in [0.1, 0.15) is 12.0 Å². The molecular weight excluding hydrogens is 347 g/mol. The highest BCUT2D eigenvalue weighted by Crippen LogP contribution is 2.30. The van der Waals surface area contributed by atoms with Gasteiger partial charge in [0, 0.05) is 36.5 Å². The minimum atomic E-state index is -4.33. The van der Waals surface area contributed by atoms with E-state index in [4.69, 9.17) is 0 Å². The molecule has 6 nitrogen and oxygen atoms in total. The van der Waals surface area contributed by atoms with Crippen molar-refractivity contribution in [3.8, 4) is 0 Å². The standard InChI is InChI=1S/C17H14F3N5O/c18-17(19,20)4-1-13(26)25-6-3-10(8-25)15-14-11-2-5-21-16(11)22-7-12(14)23-9-24-15/h2-3,5,7,9H,1,4,6,8H2,(H,21,22). The lowest BCUT2D eigenvalue weighted by atomic mass is 10.1. The van der Waals surface area contributed by atoms with Gasteiger partial charge < -0.3 is 9.88 Å². The second-order valence-corrected chi connectivity index (χ2v) is 6.10. The van der Waals surface area contributed by atoms with Crippen LogP contribution in [0.15, 0.2) is 30.9 Å². The molecule has 1 amide bonds. The predicted octanol–water partition coefficient (Wildman–Crippen LogP) is 3.07. The summed E-state index contributed by atoms with van der Waals surface area (Å²) in [6.45, 7) is 0.510. The number of fused-ring (bicyclic) bond motifs is 3. The van der Waals surface area contributed by atoms with Gasteiger partial charge in [-0.1, -0.05) is 6.08 Å². The van der Waals surface area contributed by atoms with E-state index in [0.29, 0.717) is 16.9 Å². The molecule has 3 aromatic rings. The zero-order chi connectivity index (χ0) is 18.3. The Morgan fingerprint density at radius 1 is 1.27 bits per heavy atom. The number of H-pyrrole nitrogens is 1. The van der Waals surface area contributed by atoms with Crippen molar-refractivity contribution in [2.75, 3.05) is 13.1 Å². The van der Waals surface area contributed by atoms with Crippen molar-refractivity contribution in [1.29, 1.82) is 0 Å². The minimum absolute atomic E-state index is 0.233. The molecular formula is C17H14F3N5O. The molecule has 0 radical (unpaired) electrons. The summed E-state index contributed by atoms with van der Waals surface area (Å²) in [6, 6.07) is 1.87. The summed E-state index contributed by atoms with van der Waals surface area (Å²) >= 11 is 0. The van der Waals surface area contributed by atoms with Crippen molar-refractivity contribution >= 4 is 33.4 Å². The lowest BCUT2D eigenvalue weighted by molar-refractivity contribution is -0.148. The average molecular weight is 361 g/mol. The molecule has 0 aromatic carbocycles. The van der Waals surface area contributed by atoms with Crippen molar-refractivity contribution in [2.24, 2.45) is 0 Å². The first-order valence-electron chi connectivity index (χ1n) is 8.03. The van der Waals surface area contributed by atoms with E-state index < -0.39 is 24.9 Å². The third kappa shape index (κ3) is 3.00. The third-order valence-corrected chi connectivity index (χ3v) is 4.39. The number of hydrogen-bond acceptors (Lipinski definition) is 4. The maximum absolute atomic E-state index is 12.3. The Labute approximate surface area is 145 Å². The fourth-order valence-corrected chi connectivity index (χ4v) is 3.12. The molecule has 0 unspecified atom stereocenters. The fourth-order valence-electron chi connectivity index (χ4n) is 3.12. The Hall–Kier alpha value is -2.97. The van der Waals surface area contributed by atoms with Gasteiger partial charge in [-0.25, -0.2) is 15.0 Å². The number of nitrogens with zero attached hydrogens (tertiary/aromatic N) is 4. The molecule has 0 saturated heterocycles. The summed E-state index contributed by atoms with van der Waals surface area (Å²) in [4.78, 5) is 29.4. The fraction of sp³-hybridized carbons (Fsp3) is 0.294. The number of carbonyl (C=O) groups excluding carboxylic acids is 1. The van der Waals surface area contributed by atoms with Gasteiger partial charge in [-0.15, -0.1) is 0 Å². The maximum Gasteiger partial charge on any atom is 0.389 e. The number of alkyl halides is 3.